The van der Waals surface area contributed by atoms with E-state index in [4.69, 9.17) is 10.9 Å². The molecule has 0 radical (unpaired) electrons. The van der Waals surface area contributed by atoms with E-state index in [1.807, 2.05) is 27.1 Å². The van der Waals surface area contributed by atoms with Crippen LogP contribution in [0.25, 0.3) is 0 Å². The Morgan fingerprint density at radius 1 is 1.63 bits per heavy atom. The summed E-state index contributed by atoms with van der Waals surface area (Å²) in [6.45, 7) is 4.22. The third-order valence-electron chi connectivity index (χ3n) is 2.98. The maximum atomic E-state index is 11.9. The summed E-state index contributed by atoms with van der Waals surface area (Å²) in [6.07, 6.45) is 3.17. The van der Waals surface area contributed by atoms with Crippen LogP contribution in [0, 0.1) is 5.92 Å². The molecule has 1 aromatic heterocycles. The van der Waals surface area contributed by atoms with Crippen molar-refractivity contribution in [2.24, 2.45) is 23.9 Å². The molecule has 106 valence electrons. The minimum atomic E-state index is -0.605. The van der Waals surface area contributed by atoms with Crippen LogP contribution in [0.15, 0.2) is 11.4 Å². The van der Waals surface area contributed by atoms with Gasteiger partial charge in [0.25, 0.3) is 0 Å². The molecule has 19 heavy (non-hydrogen) atoms. The van der Waals surface area contributed by atoms with Crippen molar-refractivity contribution < 1.29 is 10.0 Å². The second-order valence-electron chi connectivity index (χ2n) is 4.33. The van der Waals surface area contributed by atoms with Gasteiger partial charge >= 0.3 is 0 Å². The molecule has 0 aromatic carbocycles. The molecule has 0 spiro atoms. The van der Waals surface area contributed by atoms with Gasteiger partial charge in [-0.3, -0.25) is 9.48 Å². The topological polar surface area (TPSA) is 106 Å². The lowest BCUT2D eigenvalue weighted by molar-refractivity contribution is -0.123. The maximum absolute atomic E-state index is 11.9. The molecule has 0 aliphatic carbocycles. The van der Waals surface area contributed by atoms with Crippen molar-refractivity contribution >= 4 is 11.7 Å². The van der Waals surface area contributed by atoms with Gasteiger partial charge in [-0.15, -0.1) is 0 Å². The average Bonchev–Trinajstić information content (AvgIpc) is 2.77. The molecule has 0 saturated carbocycles. The summed E-state index contributed by atoms with van der Waals surface area (Å²) in [5, 5.41) is 18.6. The molecule has 7 nitrogen and oxygen atoms in total. The summed E-state index contributed by atoms with van der Waals surface area (Å²) in [5.41, 5.74) is 7.42. The van der Waals surface area contributed by atoms with Gasteiger partial charge in [-0.05, 0) is 12.8 Å². The molecule has 0 aliphatic heterocycles. The van der Waals surface area contributed by atoms with Gasteiger partial charge < -0.3 is 16.3 Å². The van der Waals surface area contributed by atoms with Crippen LogP contribution in [0.2, 0.25) is 0 Å². The normalized spacial score (nSPS) is 13.3. The van der Waals surface area contributed by atoms with Gasteiger partial charge in [0, 0.05) is 25.4 Å². The number of carbonyl (C=O) groups excluding carboxylic acids is 1. The van der Waals surface area contributed by atoms with Crippen molar-refractivity contribution in [1.29, 1.82) is 0 Å². The lowest BCUT2D eigenvalue weighted by Crippen LogP contribution is -2.38. The van der Waals surface area contributed by atoms with Crippen LogP contribution in [-0.2, 0) is 24.8 Å². The van der Waals surface area contributed by atoms with Crippen molar-refractivity contribution in [3.63, 3.8) is 0 Å². The van der Waals surface area contributed by atoms with Crippen molar-refractivity contribution in [3.8, 4) is 0 Å². The zero-order chi connectivity index (χ0) is 14.4. The predicted molar refractivity (Wildman–Crippen MR) is 71.6 cm³/mol. The van der Waals surface area contributed by atoms with E-state index in [0.29, 0.717) is 13.0 Å². The molecule has 1 rings (SSSR count). The summed E-state index contributed by atoms with van der Waals surface area (Å²) in [7, 11) is 1.84. The highest BCUT2D eigenvalue weighted by atomic mass is 16.4. The maximum Gasteiger partial charge on any atom is 0.231 e. The fraction of sp³-hybridized carbons (Fsp3) is 0.583. The summed E-state index contributed by atoms with van der Waals surface area (Å²) < 4.78 is 1.72. The summed E-state index contributed by atoms with van der Waals surface area (Å²) >= 11 is 0. The standard InChI is InChI=1S/C12H21N5O2/c1-4-9(11(13)16-19)12(18)14-6-8-7-17(3)15-10(8)5-2/h7,9,19H,4-6H2,1-3H3,(H2,13,16)(H,14,18). The Hall–Kier alpha value is -2.05. The Bertz CT molecular complexity index is 467. The molecule has 0 aliphatic rings. The Morgan fingerprint density at radius 2 is 2.32 bits per heavy atom. The van der Waals surface area contributed by atoms with Gasteiger partial charge in [-0.2, -0.15) is 5.10 Å². The average molecular weight is 267 g/mol. The van der Waals surface area contributed by atoms with E-state index in [1.165, 1.54) is 0 Å². The molecule has 4 N–H and O–H groups in total. The van der Waals surface area contributed by atoms with Crippen molar-refractivity contribution in [2.45, 2.75) is 33.2 Å². The summed E-state index contributed by atoms with van der Waals surface area (Å²) in [4.78, 5) is 11.9. The lowest BCUT2D eigenvalue weighted by Gasteiger charge is -2.13. The highest BCUT2D eigenvalue weighted by Crippen LogP contribution is 2.08. The highest BCUT2D eigenvalue weighted by molar-refractivity contribution is 6.01. The number of aryl methyl sites for hydroxylation is 2. The predicted octanol–water partition coefficient (Wildman–Crippen LogP) is 0.371. The Labute approximate surface area is 112 Å². The quantitative estimate of drug-likeness (QED) is 0.300. The molecule has 1 amide bonds. The zero-order valence-corrected chi connectivity index (χ0v) is 11.6. The van der Waals surface area contributed by atoms with E-state index in [2.05, 4.69) is 15.6 Å². The van der Waals surface area contributed by atoms with Gasteiger partial charge in [0.2, 0.25) is 5.91 Å². The second-order valence-corrected chi connectivity index (χ2v) is 4.33. The third-order valence-corrected chi connectivity index (χ3v) is 2.98. The Morgan fingerprint density at radius 3 is 2.84 bits per heavy atom. The number of hydrogen-bond donors (Lipinski definition) is 3. The fourth-order valence-electron chi connectivity index (χ4n) is 1.93. The van der Waals surface area contributed by atoms with Crippen LogP contribution >= 0.6 is 0 Å². The molecular formula is C12H21N5O2. The van der Waals surface area contributed by atoms with E-state index in [9.17, 15) is 4.79 Å². The molecule has 1 aromatic rings. The third kappa shape index (κ3) is 3.70. The summed E-state index contributed by atoms with van der Waals surface area (Å²) in [5.74, 6) is -0.919. The largest absolute Gasteiger partial charge is 0.409 e. The first-order valence-corrected chi connectivity index (χ1v) is 6.29. The first-order chi connectivity index (χ1) is 9.03. The van der Waals surface area contributed by atoms with E-state index < -0.39 is 5.92 Å². The first kappa shape index (κ1) is 15.0. The Kier molecular flexibility index (Phi) is 5.35. The SMILES string of the molecule is CCc1nn(C)cc1CNC(=O)C(CC)C(N)=NO. The van der Waals surface area contributed by atoms with Crippen LogP contribution in [-0.4, -0.2) is 26.7 Å². The van der Waals surface area contributed by atoms with Crippen LogP contribution in [0.4, 0.5) is 0 Å². The van der Waals surface area contributed by atoms with Crippen molar-refractivity contribution in [3.05, 3.63) is 17.5 Å². The first-order valence-electron chi connectivity index (χ1n) is 6.29. The number of oxime groups is 1. The number of hydrogen-bond acceptors (Lipinski definition) is 4. The van der Waals surface area contributed by atoms with Crippen LogP contribution in [0.3, 0.4) is 0 Å². The zero-order valence-electron chi connectivity index (χ0n) is 11.6. The number of rotatable bonds is 6. The van der Waals surface area contributed by atoms with Gasteiger partial charge in [-0.25, -0.2) is 0 Å². The van der Waals surface area contributed by atoms with Crippen molar-refractivity contribution in [2.75, 3.05) is 0 Å². The summed E-state index contributed by atoms with van der Waals surface area (Å²) in [6, 6.07) is 0. The molecule has 0 saturated heterocycles. The van der Waals surface area contributed by atoms with Gasteiger partial charge in [0.15, 0.2) is 5.84 Å². The highest BCUT2D eigenvalue weighted by Gasteiger charge is 2.21. The monoisotopic (exact) mass is 267 g/mol. The number of nitrogens with two attached hydrogens (primary N) is 1. The van der Waals surface area contributed by atoms with Crippen LogP contribution < -0.4 is 11.1 Å². The van der Waals surface area contributed by atoms with E-state index in [1.54, 1.807) is 4.68 Å². The number of carbonyl (C=O) groups is 1. The van der Waals surface area contributed by atoms with Crippen LogP contribution in [0.5, 0.6) is 0 Å². The molecule has 7 heteroatoms. The van der Waals surface area contributed by atoms with E-state index in [-0.39, 0.29) is 11.7 Å². The van der Waals surface area contributed by atoms with Gasteiger partial charge in [0.05, 0.1) is 11.6 Å². The molecule has 1 atom stereocenters. The molecule has 1 heterocycles. The smallest absolute Gasteiger partial charge is 0.231 e. The molecule has 0 bridgehead atoms. The number of aromatic nitrogens is 2. The molecule has 1 unspecified atom stereocenters. The second kappa shape index (κ2) is 6.77. The van der Waals surface area contributed by atoms with Gasteiger partial charge in [-0.1, -0.05) is 19.0 Å². The number of amidine groups is 1. The number of nitrogens with one attached hydrogen (secondary N) is 1. The molecular weight excluding hydrogens is 246 g/mol. The van der Waals surface area contributed by atoms with Gasteiger partial charge in [0.1, 0.15) is 0 Å². The number of amides is 1. The van der Waals surface area contributed by atoms with Crippen molar-refractivity contribution in [1.82, 2.24) is 15.1 Å². The van der Waals surface area contributed by atoms with E-state index in [0.717, 1.165) is 17.7 Å². The van der Waals surface area contributed by atoms with E-state index >= 15 is 0 Å². The Balaban J connectivity index is 2.67. The van der Waals surface area contributed by atoms with Crippen LogP contribution in [0.1, 0.15) is 31.5 Å². The lowest BCUT2D eigenvalue weighted by atomic mass is 10.0. The minimum Gasteiger partial charge on any atom is -0.409 e. The molecule has 0 fully saturated rings. The number of nitrogens with zero attached hydrogens (tertiary/aromatic N) is 3. The minimum absolute atomic E-state index is 0.0677. The fourth-order valence-corrected chi connectivity index (χ4v) is 1.93.